The molecule has 0 radical (unpaired) electrons. The highest BCUT2D eigenvalue weighted by atomic mass is 16.5. The monoisotopic (exact) mass is 313 g/mol. The summed E-state index contributed by atoms with van der Waals surface area (Å²) < 4.78 is 5.31. The first-order valence-electron chi connectivity index (χ1n) is 8.58. The summed E-state index contributed by atoms with van der Waals surface area (Å²) in [5.41, 5.74) is 2.24. The van der Waals surface area contributed by atoms with Crippen molar-refractivity contribution in [1.29, 1.82) is 0 Å². The SMILES string of the molecule is Cc1cc(C2CCC2)nc(N(C)CCc2noc(C3CC3)n2)n1. The van der Waals surface area contributed by atoms with Crippen molar-refractivity contribution in [3.8, 4) is 0 Å². The van der Waals surface area contributed by atoms with E-state index in [1.807, 2.05) is 14.0 Å². The normalized spacial score (nSPS) is 18.0. The maximum absolute atomic E-state index is 5.31. The highest BCUT2D eigenvalue weighted by molar-refractivity contribution is 5.32. The van der Waals surface area contributed by atoms with Crippen molar-refractivity contribution in [2.45, 2.75) is 57.3 Å². The van der Waals surface area contributed by atoms with Gasteiger partial charge in [-0.1, -0.05) is 11.6 Å². The number of hydrogen-bond donors (Lipinski definition) is 0. The van der Waals surface area contributed by atoms with E-state index in [0.29, 0.717) is 11.8 Å². The Morgan fingerprint density at radius 1 is 1.13 bits per heavy atom. The number of aromatic nitrogens is 4. The predicted molar refractivity (Wildman–Crippen MR) is 86.6 cm³/mol. The first-order valence-corrected chi connectivity index (χ1v) is 8.58. The molecule has 6 heteroatoms. The van der Waals surface area contributed by atoms with Crippen LogP contribution in [0.25, 0.3) is 0 Å². The Balaban J connectivity index is 1.41. The maximum atomic E-state index is 5.31. The molecule has 23 heavy (non-hydrogen) atoms. The predicted octanol–water partition coefficient (Wildman–Crippen LogP) is 2.99. The molecule has 0 spiro atoms. The summed E-state index contributed by atoms with van der Waals surface area (Å²) in [6.45, 7) is 2.83. The number of nitrogens with zero attached hydrogens (tertiary/aromatic N) is 5. The number of rotatable bonds is 6. The summed E-state index contributed by atoms with van der Waals surface area (Å²) in [4.78, 5) is 15.9. The Labute approximate surface area is 136 Å². The molecule has 122 valence electrons. The van der Waals surface area contributed by atoms with Crippen LogP contribution in [-0.2, 0) is 6.42 Å². The summed E-state index contributed by atoms with van der Waals surface area (Å²) >= 11 is 0. The molecule has 0 atom stereocenters. The zero-order valence-corrected chi connectivity index (χ0v) is 13.8. The van der Waals surface area contributed by atoms with E-state index in [4.69, 9.17) is 9.51 Å². The van der Waals surface area contributed by atoms with E-state index < -0.39 is 0 Å². The number of aryl methyl sites for hydroxylation is 1. The van der Waals surface area contributed by atoms with Crippen molar-refractivity contribution >= 4 is 5.95 Å². The lowest BCUT2D eigenvalue weighted by Crippen LogP contribution is -2.24. The van der Waals surface area contributed by atoms with E-state index in [9.17, 15) is 0 Å². The standard InChI is InChI=1S/C17H23N5O/c1-11-10-14(12-4-3-5-12)19-17(18-11)22(2)9-8-15-20-16(23-21-15)13-6-7-13/h10,12-13H,3-9H2,1-2H3. The molecule has 0 bridgehead atoms. The molecule has 2 aromatic heterocycles. The summed E-state index contributed by atoms with van der Waals surface area (Å²) in [5.74, 6) is 3.53. The van der Waals surface area contributed by atoms with Gasteiger partial charge in [0.15, 0.2) is 5.82 Å². The molecular formula is C17H23N5O. The quantitative estimate of drug-likeness (QED) is 0.816. The van der Waals surface area contributed by atoms with Gasteiger partial charge in [-0.25, -0.2) is 9.97 Å². The van der Waals surface area contributed by atoms with Gasteiger partial charge in [0.1, 0.15) is 0 Å². The van der Waals surface area contributed by atoms with Crippen molar-refractivity contribution < 1.29 is 4.52 Å². The molecule has 0 amide bonds. The van der Waals surface area contributed by atoms with Crippen molar-refractivity contribution in [1.82, 2.24) is 20.1 Å². The minimum Gasteiger partial charge on any atom is -0.343 e. The third-order valence-corrected chi connectivity index (χ3v) is 4.81. The van der Waals surface area contributed by atoms with Gasteiger partial charge in [0.2, 0.25) is 11.8 Å². The summed E-state index contributed by atoms with van der Waals surface area (Å²) in [5, 5.41) is 4.08. The topological polar surface area (TPSA) is 67.9 Å². The summed E-state index contributed by atoms with van der Waals surface area (Å²) in [7, 11) is 2.03. The zero-order chi connectivity index (χ0) is 15.8. The van der Waals surface area contributed by atoms with E-state index in [2.05, 4.69) is 26.1 Å². The molecule has 0 aromatic carbocycles. The molecular weight excluding hydrogens is 290 g/mol. The molecule has 2 heterocycles. The van der Waals surface area contributed by atoms with Crippen LogP contribution in [0.4, 0.5) is 5.95 Å². The molecule has 4 rings (SSSR count). The maximum Gasteiger partial charge on any atom is 0.229 e. The molecule has 0 saturated heterocycles. The van der Waals surface area contributed by atoms with Crippen LogP contribution < -0.4 is 4.90 Å². The van der Waals surface area contributed by atoms with Crippen molar-refractivity contribution in [2.75, 3.05) is 18.5 Å². The zero-order valence-electron chi connectivity index (χ0n) is 13.8. The molecule has 0 N–H and O–H groups in total. The molecule has 2 aliphatic carbocycles. The van der Waals surface area contributed by atoms with Crippen LogP contribution in [0.1, 0.15) is 67.0 Å². The minimum absolute atomic E-state index is 0.513. The Bertz CT molecular complexity index is 690. The Kier molecular flexibility index (Phi) is 3.75. The second-order valence-corrected chi connectivity index (χ2v) is 6.86. The number of likely N-dealkylation sites (N-methyl/N-ethyl adjacent to an activating group) is 1. The molecule has 0 aliphatic heterocycles. The number of anilines is 1. The molecule has 6 nitrogen and oxygen atoms in total. The lowest BCUT2D eigenvalue weighted by Gasteiger charge is -2.26. The van der Waals surface area contributed by atoms with Crippen LogP contribution in [0.15, 0.2) is 10.6 Å². The van der Waals surface area contributed by atoms with Gasteiger partial charge in [-0.2, -0.15) is 4.98 Å². The van der Waals surface area contributed by atoms with E-state index in [0.717, 1.165) is 36.3 Å². The third-order valence-electron chi connectivity index (χ3n) is 4.81. The molecule has 2 aliphatic rings. The van der Waals surface area contributed by atoms with Gasteiger partial charge in [0.05, 0.1) is 0 Å². The van der Waals surface area contributed by atoms with Gasteiger partial charge in [0.25, 0.3) is 0 Å². The van der Waals surface area contributed by atoms with Gasteiger partial charge in [-0.15, -0.1) is 0 Å². The average molecular weight is 313 g/mol. The lowest BCUT2D eigenvalue weighted by molar-refractivity contribution is 0.374. The first kappa shape index (κ1) is 14.6. The molecule has 0 unspecified atom stereocenters. The van der Waals surface area contributed by atoms with E-state index in [1.165, 1.54) is 37.8 Å². The summed E-state index contributed by atoms with van der Waals surface area (Å²) in [6.07, 6.45) is 6.95. The largest absolute Gasteiger partial charge is 0.343 e. The minimum atomic E-state index is 0.513. The second-order valence-electron chi connectivity index (χ2n) is 6.86. The number of hydrogen-bond acceptors (Lipinski definition) is 6. The fourth-order valence-corrected chi connectivity index (χ4v) is 2.89. The van der Waals surface area contributed by atoms with Gasteiger partial charge >= 0.3 is 0 Å². The first-order chi connectivity index (χ1) is 11.2. The fourth-order valence-electron chi connectivity index (χ4n) is 2.89. The van der Waals surface area contributed by atoms with Gasteiger partial charge in [-0.05, 0) is 38.7 Å². The third kappa shape index (κ3) is 3.21. The van der Waals surface area contributed by atoms with Crippen LogP contribution in [0, 0.1) is 6.92 Å². The molecule has 2 fully saturated rings. The molecule has 2 saturated carbocycles. The fraction of sp³-hybridized carbons (Fsp3) is 0.647. The van der Waals surface area contributed by atoms with Crippen LogP contribution in [0.2, 0.25) is 0 Å². The van der Waals surface area contributed by atoms with E-state index >= 15 is 0 Å². The smallest absolute Gasteiger partial charge is 0.229 e. The summed E-state index contributed by atoms with van der Waals surface area (Å²) in [6, 6.07) is 2.13. The van der Waals surface area contributed by atoms with Crippen LogP contribution in [0.3, 0.4) is 0 Å². The lowest BCUT2D eigenvalue weighted by atomic mass is 9.83. The highest BCUT2D eigenvalue weighted by Crippen LogP contribution is 2.39. The Hall–Kier alpha value is -1.98. The Morgan fingerprint density at radius 3 is 2.65 bits per heavy atom. The van der Waals surface area contributed by atoms with Gasteiger partial charge < -0.3 is 9.42 Å². The van der Waals surface area contributed by atoms with Crippen molar-refractivity contribution in [3.05, 3.63) is 29.2 Å². The molecule has 2 aromatic rings. The van der Waals surface area contributed by atoms with E-state index in [1.54, 1.807) is 0 Å². The average Bonchev–Trinajstić information content (AvgIpc) is 3.21. The second kappa shape index (κ2) is 5.91. The van der Waals surface area contributed by atoms with Crippen LogP contribution in [0.5, 0.6) is 0 Å². The van der Waals surface area contributed by atoms with E-state index in [-0.39, 0.29) is 0 Å². The van der Waals surface area contributed by atoms with Crippen molar-refractivity contribution in [3.63, 3.8) is 0 Å². The Morgan fingerprint density at radius 2 is 1.96 bits per heavy atom. The van der Waals surface area contributed by atoms with Crippen LogP contribution in [-0.4, -0.2) is 33.7 Å². The van der Waals surface area contributed by atoms with Gasteiger partial charge in [-0.3, -0.25) is 0 Å². The highest BCUT2D eigenvalue weighted by Gasteiger charge is 2.29. The van der Waals surface area contributed by atoms with Gasteiger partial charge in [0, 0.05) is 43.2 Å². The van der Waals surface area contributed by atoms with Crippen LogP contribution >= 0.6 is 0 Å². The van der Waals surface area contributed by atoms with Crippen molar-refractivity contribution in [2.24, 2.45) is 0 Å².